The van der Waals surface area contributed by atoms with Crippen LogP contribution in [0.3, 0.4) is 0 Å². The van der Waals surface area contributed by atoms with E-state index < -0.39 is 5.97 Å². The normalized spacial score (nSPS) is 19.3. The van der Waals surface area contributed by atoms with E-state index in [2.05, 4.69) is 30.2 Å². The summed E-state index contributed by atoms with van der Waals surface area (Å²) < 4.78 is 2.06. The van der Waals surface area contributed by atoms with Crippen molar-refractivity contribution in [1.29, 1.82) is 0 Å². The molecule has 1 atom stereocenters. The molecule has 0 aromatic carbocycles. The van der Waals surface area contributed by atoms with Crippen LogP contribution in [0.15, 0.2) is 0 Å². The van der Waals surface area contributed by atoms with Gasteiger partial charge in [0.15, 0.2) is 10.7 Å². The van der Waals surface area contributed by atoms with Gasteiger partial charge in [-0.3, -0.25) is 4.40 Å². The van der Waals surface area contributed by atoms with E-state index in [0.29, 0.717) is 11.3 Å². The molecule has 5 heteroatoms. The maximum Gasteiger partial charge on any atom is 0.356 e. The molecule has 2 heterocycles. The third-order valence-electron chi connectivity index (χ3n) is 4.47. The molecule has 108 valence electrons. The first-order valence-electron chi connectivity index (χ1n) is 7.02. The highest BCUT2D eigenvalue weighted by atomic mass is 32.1. The molecule has 1 unspecified atom stereocenters. The predicted molar refractivity (Wildman–Crippen MR) is 79.7 cm³/mol. The molecule has 0 spiro atoms. The highest BCUT2D eigenvalue weighted by molar-refractivity contribution is 7.17. The lowest BCUT2D eigenvalue weighted by Crippen LogP contribution is -2.26. The molecule has 4 nitrogen and oxygen atoms in total. The summed E-state index contributed by atoms with van der Waals surface area (Å²) in [7, 11) is 0. The highest BCUT2D eigenvalue weighted by Crippen LogP contribution is 2.40. The van der Waals surface area contributed by atoms with Crippen LogP contribution in [0.1, 0.15) is 53.9 Å². The summed E-state index contributed by atoms with van der Waals surface area (Å²) in [5, 5.41) is 9.17. The van der Waals surface area contributed by atoms with Gasteiger partial charge in [0.2, 0.25) is 0 Å². The van der Waals surface area contributed by atoms with Gasteiger partial charge < -0.3 is 5.11 Å². The van der Waals surface area contributed by atoms with E-state index in [0.717, 1.165) is 23.5 Å². The molecule has 20 heavy (non-hydrogen) atoms. The topological polar surface area (TPSA) is 54.6 Å². The third-order valence-corrected chi connectivity index (χ3v) is 5.58. The number of thiazole rings is 1. The number of aromatic carboxylic acids is 1. The Morgan fingerprint density at radius 1 is 1.45 bits per heavy atom. The summed E-state index contributed by atoms with van der Waals surface area (Å²) in [6, 6.07) is 0. The Hall–Kier alpha value is -1.36. The summed E-state index contributed by atoms with van der Waals surface area (Å²) in [5.74, 6) is -0.242. The van der Waals surface area contributed by atoms with Gasteiger partial charge in [-0.2, -0.15) is 0 Å². The van der Waals surface area contributed by atoms with Gasteiger partial charge in [-0.1, -0.05) is 20.8 Å². The monoisotopic (exact) mass is 292 g/mol. The largest absolute Gasteiger partial charge is 0.476 e. The van der Waals surface area contributed by atoms with Gasteiger partial charge in [0, 0.05) is 10.6 Å². The molecule has 0 saturated heterocycles. The van der Waals surface area contributed by atoms with Crippen LogP contribution >= 0.6 is 11.3 Å². The zero-order chi connectivity index (χ0) is 14.7. The van der Waals surface area contributed by atoms with Crippen LogP contribution in [0.5, 0.6) is 0 Å². The first kappa shape index (κ1) is 13.6. The molecule has 3 rings (SSSR count). The summed E-state index contributed by atoms with van der Waals surface area (Å²) in [6.07, 6.45) is 3.28. The van der Waals surface area contributed by atoms with E-state index >= 15 is 0 Å². The molecule has 2 aromatic rings. The van der Waals surface area contributed by atoms with Crippen molar-refractivity contribution < 1.29 is 9.90 Å². The fourth-order valence-corrected chi connectivity index (χ4v) is 4.44. The van der Waals surface area contributed by atoms with Crippen molar-refractivity contribution in [1.82, 2.24) is 9.38 Å². The zero-order valence-electron chi connectivity index (χ0n) is 12.4. The van der Waals surface area contributed by atoms with Crippen molar-refractivity contribution in [2.45, 2.75) is 47.0 Å². The third kappa shape index (κ3) is 1.95. The molecule has 0 bridgehead atoms. The highest BCUT2D eigenvalue weighted by Gasteiger charge is 2.32. The Morgan fingerprint density at radius 2 is 2.15 bits per heavy atom. The van der Waals surface area contributed by atoms with Crippen molar-refractivity contribution in [3.05, 3.63) is 22.0 Å². The number of aryl methyl sites for hydroxylation is 2. The molecular formula is C15H20N2O2S. The van der Waals surface area contributed by atoms with E-state index in [4.69, 9.17) is 5.11 Å². The summed E-state index contributed by atoms with van der Waals surface area (Å²) >= 11 is 1.66. The molecule has 1 aliphatic rings. The molecule has 0 radical (unpaired) electrons. The molecule has 0 fully saturated rings. The zero-order valence-corrected chi connectivity index (χ0v) is 13.2. The second-order valence-corrected chi connectivity index (χ2v) is 7.81. The fourth-order valence-electron chi connectivity index (χ4n) is 3.15. The van der Waals surface area contributed by atoms with Gasteiger partial charge in [-0.05, 0) is 37.5 Å². The van der Waals surface area contributed by atoms with Crippen molar-refractivity contribution in [3.8, 4) is 0 Å². The minimum atomic E-state index is -0.935. The minimum Gasteiger partial charge on any atom is -0.476 e. The Labute approximate surface area is 122 Å². The number of aromatic nitrogens is 2. The number of hydrogen-bond acceptors (Lipinski definition) is 3. The maximum atomic E-state index is 11.2. The Balaban J connectivity index is 2.07. The lowest BCUT2D eigenvalue weighted by molar-refractivity contribution is 0.0690. The summed E-state index contributed by atoms with van der Waals surface area (Å²) in [5.41, 5.74) is 2.56. The van der Waals surface area contributed by atoms with Crippen molar-refractivity contribution in [3.63, 3.8) is 0 Å². The quantitative estimate of drug-likeness (QED) is 0.874. The average Bonchev–Trinajstić information content (AvgIpc) is 2.84. The second kappa shape index (κ2) is 4.32. The minimum absolute atomic E-state index is 0.192. The van der Waals surface area contributed by atoms with Gasteiger partial charge in [0.1, 0.15) is 0 Å². The number of carboxylic acids is 1. The lowest BCUT2D eigenvalue weighted by atomic mass is 9.73. The van der Waals surface area contributed by atoms with Gasteiger partial charge >= 0.3 is 5.97 Å². The van der Waals surface area contributed by atoms with Crippen LogP contribution in [0.2, 0.25) is 0 Å². The molecule has 0 aliphatic heterocycles. The number of nitrogens with zero attached hydrogens (tertiary/aromatic N) is 2. The number of fused-ring (bicyclic) bond motifs is 3. The molecule has 1 N–H and O–H groups in total. The number of imidazole rings is 1. The Morgan fingerprint density at radius 3 is 2.75 bits per heavy atom. The smallest absolute Gasteiger partial charge is 0.356 e. The second-order valence-electron chi connectivity index (χ2n) is 6.75. The number of hydrogen-bond donors (Lipinski definition) is 1. The van der Waals surface area contributed by atoms with E-state index in [1.54, 1.807) is 11.3 Å². The molecule has 2 aromatic heterocycles. The van der Waals surface area contributed by atoms with Crippen LogP contribution in [0.25, 0.3) is 4.96 Å². The van der Waals surface area contributed by atoms with Crippen molar-refractivity contribution >= 4 is 22.3 Å². The van der Waals surface area contributed by atoms with E-state index in [9.17, 15) is 4.79 Å². The number of carboxylic acid groups (broad SMARTS) is 1. The van der Waals surface area contributed by atoms with E-state index in [-0.39, 0.29) is 5.69 Å². The number of rotatable bonds is 1. The van der Waals surface area contributed by atoms with Crippen LogP contribution in [0, 0.1) is 18.3 Å². The first-order chi connectivity index (χ1) is 9.29. The van der Waals surface area contributed by atoms with Gasteiger partial charge in [-0.25, -0.2) is 9.78 Å². The lowest BCUT2D eigenvalue weighted by Gasteiger charge is -2.33. The van der Waals surface area contributed by atoms with Crippen molar-refractivity contribution in [2.24, 2.45) is 11.3 Å². The van der Waals surface area contributed by atoms with Gasteiger partial charge in [0.05, 0.1) is 5.69 Å². The molecular weight excluding hydrogens is 272 g/mol. The van der Waals surface area contributed by atoms with Crippen LogP contribution in [0.4, 0.5) is 0 Å². The van der Waals surface area contributed by atoms with Crippen LogP contribution in [-0.4, -0.2) is 20.5 Å². The number of carbonyl (C=O) groups is 1. The first-order valence-corrected chi connectivity index (χ1v) is 7.83. The Bertz CT molecular complexity index is 691. The molecule has 0 amide bonds. The average molecular weight is 292 g/mol. The standard InChI is InChI=1S/C15H20N2O2S/c1-8-12(13(18)19)16-14-17(8)10-6-5-9(15(2,3)4)7-11(10)20-14/h9H,5-7H2,1-4H3,(H,18,19). The van der Waals surface area contributed by atoms with Crippen LogP contribution < -0.4 is 0 Å². The van der Waals surface area contributed by atoms with Gasteiger partial charge in [-0.15, -0.1) is 11.3 Å². The summed E-state index contributed by atoms with van der Waals surface area (Å²) in [6.45, 7) is 8.76. The van der Waals surface area contributed by atoms with E-state index in [1.165, 1.54) is 17.0 Å². The van der Waals surface area contributed by atoms with Crippen molar-refractivity contribution in [2.75, 3.05) is 0 Å². The van der Waals surface area contributed by atoms with E-state index in [1.807, 2.05) is 6.92 Å². The van der Waals surface area contributed by atoms with Crippen LogP contribution in [-0.2, 0) is 12.8 Å². The predicted octanol–water partition coefficient (Wildman–Crippen LogP) is 3.55. The Kier molecular flexibility index (Phi) is 2.94. The fraction of sp³-hybridized carbons (Fsp3) is 0.600. The van der Waals surface area contributed by atoms with Gasteiger partial charge in [0.25, 0.3) is 0 Å². The summed E-state index contributed by atoms with van der Waals surface area (Å²) in [4.78, 5) is 17.7. The maximum absolute atomic E-state index is 11.2. The molecule has 0 saturated carbocycles. The molecule has 1 aliphatic carbocycles. The SMILES string of the molecule is Cc1c(C(=O)O)nc2sc3c(n12)CCC(C(C)(C)C)C3.